The molecule has 112 valence electrons. The van der Waals surface area contributed by atoms with Crippen LogP contribution in [-0.4, -0.2) is 20.8 Å². The summed E-state index contributed by atoms with van der Waals surface area (Å²) in [4.78, 5) is 0. The fourth-order valence-corrected chi connectivity index (χ4v) is 2.39. The maximum atomic E-state index is 5.74. The Balaban J connectivity index is 1.82. The first kappa shape index (κ1) is 14.3. The second kappa shape index (κ2) is 6.39. The van der Waals surface area contributed by atoms with Gasteiger partial charge in [-0.15, -0.1) is 0 Å². The average molecular weight is 294 g/mol. The van der Waals surface area contributed by atoms with Gasteiger partial charge in [0.25, 0.3) is 0 Å². The van der Waals surface area contributed by atoms with Crippen LogP contribution in [0.1, 0.15) is 11.1 Å². The van der Waals surface area contributed by atoms with E-state index in [1.807, 2.05) is 42.5 Å². The molecule has 3 heteroatoms. The molecule has 0 radical (unpaired) electrons. The average Bonchev–Trinajstić information content (AvgIpc) is 2.59. The Bertz CT molecular complexity index is 729. The van der Waals surface area contributed by atoms with E-state index in [1.165, 1.54) is 0 Å². The third kappa shape index (κ3) is 2.98. The third-order valence-corrected chi connectivity index (χ3v) is 3.55. The van der Waals surface area contributed by atoms with Crippen molar-refractivity contribution in [1.29, 1.82) is 0 Å². The molecule has 1 aliphatic heterocycles. The Morgan fingerprint density at radius 1 is 0.955 bits per heavy atom. The van der Waals surface area contributed by atoms with Gasteiger partial charge in [0, 0.05) is 5.56 Å². The van der Waals surface area contributed by atoms with Gasteiger partial charge in [-0.25, -0.2) is 0 Å². The van der Waals surface area contributed by atoms with Gasteiger partial charge in [-0.2, -0.15) is 0 Å². The number of fused-ring (bicyclic) bond motifs is 1. The highest BCUT2D eigenvalue weighted by Gasteiger charge is 2.08. The van der Waals surface area contributed by atoms with Gasteiger partial charge in [0.15, 0.2) is 11.5 Å². The minimum atomic E-state index is 0.584. The summed E-state index contributed by atoms with van der Waals surface area (Å²) in [5.74, 6) is 2.39. The van der Waals surface area contributed by atoms with Crippen LogP contribution in [0.15, 0.2) is 54.1 Å². The van der Waals surface area contributed by atoms with Crippen molar-refractivity contribution in [2.75, 3.05) is 20.8 Å². The molecular weight excluding hydrogens is 276 g/mol. The first-order valence-corrected chi connectivity index (χ1v) is 7.12. The number of hydrogen-bond donors (Lipinski definition) is 0. The SMILES string of the molecule is COc1ccc(/C=C/C2=Cc3ccccc3OC2)cc1OC. The number of hydrogen-bond acceptors (Lipinski definition) is 3. The zero-order chi connectivity index (χ0) is 15.4. The zero-order valence-corrected chi connectivity index (χ0v) is 12.7. The van der Waals surface area contributed by atoms with E-state index in [1.54, 1.807) is 14.2 Å². The van der Waals surface area contributed by atoms with Crippen LogP contribution in [-0.2, 0) is 0 Å². The van der Waals surface area contributed by atoms with Crippen LogP contribution in [0.2, 0.25) is 0 Å². The molecule has 0 unspecified atom stereocenters. The Morgan fingerprint density at radius 3 is 2.59 bits per heavy atom. The highest BCUT2D eigenvalue weighted by Crippen LogP contribution is 2.29. The minimum absolute atomic E-state index is 0.584. The number of benzene rings is 2. The summed E-state index contributed by atoms with van der Waals surface area (Å²) in [5, 5.41) is 0. The first-order valence-electron chi connectivity index (χ1n) is 7.12. The van der Waals surface area contributed by atoms with Crippen LogP contribution in [0.3, 0.4) is 0 Å². The maximum Gasteiger partial charge on any atom is 0.161 e. The van der Waals surface area contributed by atoms with E-state index in [9.17, 15) is 0 Å². The molecule has 0 saturated heterocycles. The van der Waals surface area contributed by atoms with Gasteiger partial charge in [-0.3, -0.25) is 0 Å². The predicted octanol–water partition coefficient (Wildman–Crippen LogP) is 4.19. The van der Waals surface area contributed by atoms with Crippen molar-refractivity contribution in [2.24, 2.45) is 0 Å². The molecule has 0 aliphatic carbocycles. The van der Waals surface area contributed by atoms with Crippen LogP contribution in [0.25, 0.3) is 12.2 Å². The summed E-state index contributed by atoms with van der Waals surface area (Å²) in [7, 11) is 3.27. The molecule has 0 fully saturated rings. The van der Waals surface area contributed by atoms with Crippen LogP contribution in [0, 0.1) is 0 Å². The lowest BCUT2D eigenvalue weighted by atomic mass is 10.1. The Hall–Kier alpha value is -2.68. The molecule has 0 bridgehead atoms. The second-order valence-corrected chi connectivity index (χ2v) is 4.99. The first-order chi connectivity index (χ1) is 10.8. The van der Waals surface area contributed by atoms with E-state index >= 15 is 0 Å². The van der Waals surface area contributed by atoms with Gasteiger partial charge in [-0.1, -0.05) is 36.4 Å². The molecule has 3 rings (SSSR count). The highest BCUT2D eigenvalue weighted by molar-refractivity contribution is 5.67. The molecule has 3 nitrogen and oxygen atoms in total. The largest absolute Gasteiger partial charge is 0.493 e. The topological polar surface area (TPSA) is 27.7 Å². The van der Waals surface area contributed by atoms with Gasteiger partial charge < -0.3 is 14.2 Å². The van der Waals surface area contributed by atoms with Crippen molar-refractivity contribution in [3.63, 3.8) is 0 Å². The summed E-state index contributed by atoms with van der Waals surface area (Å²) < 4.78 is 16.3. The van der Waals surface area contributed by atoms with E-state index in [0.29, 0.717) is 6.61 Å². The van der Waals surface area contributed by atoms with Crippen molar-refractivity contribution < 1.29 is 14.2 Å². The monoisotopic (exact) mass is 294 g/mol. The van der Waals surface area contributed by atoms with E-state index in [2.05, 4.69) is 18.2 Å². The molecule has 0 aromatic heterocycles. The van der Waals surface area contributed by atoms with Gasteiger partial charge in [0.05, 0.1) is 14.2 Å². The molecule has 0 amide bonds. The molecule has 1 aliphatic rings. The highest BCUT2D eigenvalue weighted by atomic mass is 16.5. The van der Waals surface area contributed by atoms with Crippen molar-refractivity contribution in [2.45, 2.75) is 0 Å². The molecule has 0 atom stereocenters. The second-order valence-electron chi connectivity index (χ2n) is 4.99. The molecule has 0 spiro atoms. The van der Waals surface area contributed by atoms with E-state index in [-0.39, 0.29) is 0 Å². The summed E-state index contributed by atoms with van der Waals surface area (Å²) in [6.07, 6.45) is 6.26. The molecule has 2 aromatic rings. The van der Waals surface area contributed by atoms with Crippen LogP contribution < -0.4 is 14.2 Å². The van der Waals surface area contributed by atoms with Crippen LogP contribution in [0.5, 0.6) is 17.2 Å². The maximum absolute atomic E-state index is 5.74. The van der Waals surface area contributed by atoms with Gasteiger partial charge in [-0.05, 0) is 35.4 Å². The van der Waals surface area contributed by atoms with Gasteiger partial charge >= 0.3 is 0 Å². The van der Waals surface area contributed by atoms with Crippen molar-refractivity contribution in [3.8, 4) is 17.2 Å². The number of para-hydroxylation sites is 1. The van der Waals surface area contributed by atoms with Gasteiger partial charge in [0.2, 0.25) is 0 Å². The van der Waals surface area contributed by atoms with E-state index in [0.717, 1.165) is 33.9 Å². The number of methoxy groups -OCH3 is 2. The summed E-state index contributed by atoms with van der Waals surface area (Å²) in [5.41, 5.74) is 3.30. The van der Waals surface area contributed by atoms with E-state index < -0.39 is 0 Å². The fraction of sp³-hybridized carbons (Fsp3) is 0.158. The van der Waals surface area contributed by atoms with Gasteiger partial charge in [0.1, 0.15) is 12.4 Å². The lowest BCUT2D eigenvalue weighted by Gasteiger charge is -2.15. The normalized spacial score (nSPS) is 13.3. The van der Waals surface area contributed by atoms with Crippen molar-refractivity contribution in [1.82, 2.24) is 0 Å². The summed E-state index contributed by atoms with van der Waals surface area (Å²) in [6, 6.07) is 13.9. The summed E-state index contributed by atoms with van der Waals surface area (Å²) >= 11 is 0. The Labute approximate surface area is 130 Å². The number of ether oxygens (including phenoxy) is 3. The minimum Gasteiger partial charge on any atom is -0.493 e. The quantitative estimate of drug-likeness (QED) is 0.846. The van der Waals surface area contributed by atoms with Crippen LogP contribution in [0.4, 0.5) is 0 Å². The lowest BCUT2D eigenvalue weighted by Crippen LogP contribution is -2.05. The standard InChI is InChI=1S/C19H18O3/c1-20-18-10-9-14(12-19(18)21-2)7-8-15-11-16-5-3-4-6-17(16)22-13-15/h3-12H,13H2,1-2H3/b8-7+. The Morgan fingerprint density at radius 2 is 1.77 bits per heavy atom. The molecule has 1 heterocycles. The molecule has 2 aromatic carbocycles. The fourth-order valence-electron chi connectivity index (χ4n) is 2.39. The smallest absolute Gasteiger partial charge is 0.161 e. The zero-order valence-electron chi connectivity index (χ0n) is 12.7. The predicted molar refractivity (Wildman–Crippen MR) is 88.5 cm³/mol. The lowest BCUT2D eigenvalue weighted by molar-refractivity contribution is 0.351. The van der Waals surface area contributed by atoms with Crippen molar-refractivity contribution >= 4 is 12.2 Å². The molecule has 0 N–H and O–H groups in total. The van der Waals surface area contributed by atoms with Crippen LogP contribution >= 0.6 is 0 Å². The molecule has 0 saturated carbocycles. The number of rotatable bonds is 4. The molecular formula is C19H18O3. The Kier molecular flexibility index (Phi) is 4.15. The summed E-state index contributed by atoms with van der Waals surface area (Å²) in [6.45, 7) is 0.584. The molecule has 22 heavy (non-hydrogen) atoms. The third-order valence-electron chi connectivity index (χ3n) is 3.55. The van der Waals surface area contributed by atoms with E-state index in [4.69, 9.17) is 14.2 Å². The van der Waals surface area contributed by atoms with Crippen molar-refractivity contribution in [3.05, 3.63) is 65.2 Å².